The van der Waals surface area contributed by atoms with Gasteiger partial charge in [0, 0.05) is 36.9 Å². The zero-order valence-corrected chi connectivity index (χ0v) is 18.8. The zero-order valence-electron chi connectivity index (χ0n) is 18.1. The largest absolute Gasteiger partial charge is 0.338 e. The van der Waals surface area contributed by atoms with Crippen LogP contribution < -0.4 is 10.6 Å². The molecule has 0 atom stereocenters. The number of piperidine rings is 1. The number of likely N-dealkylation sites (tertiary alicyclic amines) is 1. The quantitative estimate of drug-likeness (QED) is 0.588. The Morgan fingerprint density at radius 1 is 1.06 bits per heavy atom. The van der Waals surface area contributed by atoms with Crippen molar-refractivity contribution in [2.45, 2.75) is 45.6 Å². The van der Waals surface area contributed by atoms with Gasteiger partial charge in [-0.2, -0.15) is 0 Å². The van der Waals surface area contributed by atoms with Gasteiger partial charge in [-0.25, -0.2) is 9.78 Å². The Morgan fingerprint density at radius 2 is 1.81 bits per heavy atom. The summed E-state index contributed by atoms with van der Waals surface area (Å²) in [6, 6.07) is 12.9. The second-order valence-corrected chi connectivity index (χ2v) is 8.57. The Kier molecular flexibility index (Phi) is 8.71. The van der Waals surface area contributed by atoms with Crippen molar-refractivity contribution < 1.29 is 9.59 Å². The molecule has 7 heteroatoms. The molecule has 3 rings (SSSR count). The maximum Gasteiger partial charge on any atom is 0.315 e. The van der Waals surface area contributed by atoms with Gasteiger partial charge in [-0.3, -0.25) is 4.79 Å². The number of urea groups is 1. The molecule has 2 N–H and O–H groups in total. The molecule has 0 aliphatic carbocycles. The highest BCUT2D eigenvalue weighted by Gasteiger charge is 2.24. The maximum absolute atomic E-state index is 12.6. The number of rotatable bonds is 8. The lowest BCUT2D eigenvalue weighted by Crippen LogP contribution is -2.39. The van der Waals surface area contributed by atoms with Gasteiger partial charge >= 0.3 is 6.03 Å². The lowest BCUT2D eigenvalue weighted by Gasteiger charge is -2.32. The van der Waals surface area contributed by atoms with Crippen LogP contribution in [-0.4, -0.2) is 41.5 Å². The van der Waals surface area contributed by atoms with Gasteiger partial charge in [-0.1, -0.05) is 42.6 Å². The molecular formula is C24H31ClN4O2. The molecule has 2 aromatic rings. The standard InChI is InChI=1S/C24H31ClN4O2/c1-18-5-4-7-22(28-18)23(30)29-15-12-19(13-16-29)6-2-3-14-26-24(31)27-17-20-8-10-21(25)11-9-20/h4-5,7-11,19H,2-3,6,12-17H2,1H3,(H2,26,27,31). The van der Waals surface area contributed by atoms with E-state index in [1.165, 1.54) is 0 Å². The van der Waals surface area contributed by atoms with Crippen molar-refractivity contribution in [3.63, 3.8) is 0 Å². The average molecular weight is 443 g/mol. The molecule has 1 aliphatic rings. The van der Waals surface area contributed by atoms with E-state index in [1.807, 2.05) is 48.2 Å². The van der Waals surface area contributed by atoms with E-state index in [-0.39, 0.29) is 11.9 Å². The second-order valence-electron chi connectivity index (χ2n) is 8.13. The highest BCUT2D eigenvalue weighted by molar-refractivity contribution is 6.30. The number of pyridine rings is 1. The lowest BCUT2D eigenvalue weighted by molar-refractivity contribution is 0.0679. The number of amides is 3. The zero-order chi connectivity index (χ0) is 22.1. The molecule has 0 spiro atoms. The summed E-state index contributed by atoms with van der Waals surface area (Å²) in [7, 11) is 0. The number of carbonyl (C=O) groups excluding carboxylic acids is 2. The van der Waals surface area contributed by atoms with Crippen molar-refractivity contribution in [2.24, 2.45) is 5.92 Å². The van der Waals surface area contributed by atoms with Crippen LogP contribution >= 0.6 is 11.6 Å². The number of aromatic nitrogens is 1. The van der Waals surface area contributed by atoms with Crippen LogP contribution in [0.15, 0.2) is 42.5 Å². The molecule has 1 saturated heterocycles. The molecular weight excluding hydrogens is 412 g/mol. The molecule has 1 fully saturated rings. The number of unbranched alkanes of at least 4 members (excludes halogenated alkanes) is 1. The second kappa shape index (κ2) is 11.7. The topological polar surface area (TPSA) is 74.3 Å². The number of benzene rings is 1. The van der Waals surface area contributed by atoms with Crippen LogP contribution in [-0.2, 0) is 6.54 Å². The van der Waals surface area contributed by atoms with E-state index in [9.17, 15) is 9.59 Å². The Balaban J connectivity index is 1.25. The van der Waals surface area contributed by atoms with Gasteiger partial charge in [0.05, 0.1) is 0 Å². The summed E-state index contributed by atoms with van der Waals surface area (Å²) in [5.74, 6) is 0.684. The summed E-state index contributed by atoms with van der Waals surface area (Å²) in [6.45, 7) is 4.65. The van der Waals surface area contributed by atoms with Crippen LogP contribution in [0, 0.1) is 12.8 Å². The van der Waals surface area contributed by atoms with E-state index in [0.717, 1.165) is 56.5 Å². The van der Waals surface area contributed by atoms with Gasteiger partial charge in [0.25, 0.3) is 5.91 Å². The fourth-order valence-corrected chi connectivity index (χ4v) is 3.98. The Morgan fingerprint density at radius 3 is 2.52 bits per heavy atom. The molecule has 0 unspecified atom stereocenters. The van der Waals surface area contributed by atoms with Crippen molar-refractivity contribution >= 4 is 23.5 Å². The summed E-state index contributed by atoms with van der Waals surface area (Å²) in [5.41, 5.74) is 2.43. The summed E-state index contributed by atoms with van der Waals surface area (Å²) >= 11 is 5.86. The maximum atomic E-state index is 12.6. The smallest absolute Gasteiger partial charge is 0.315 e. The fourth-order valence-electron chi connectivity index (χ4n) is 3.86. The fraction of sp³-hybridized carbons (Fsp3) is 0.458. The van der Waals surface area contributed by atoms with Crippen LogP contribution in [0.25, 0.3) is 0 Å². The number of nitrogens with one attached hydrogen (secondary N) is 2. The Hall–Kier alpha value is -2.60. The van der Waals surface area contributed by atoms with E-state index >= 15 is 0 Å². The van der Waals surface area contributed by atoms with E-state index in [2.05, 4.69) is 15.6 Å². The van der Waals surface area contributed by atoms with Crippen molar-refractivity contribution in [1.82, 2.24) is 20.5 Å². The summed E-state index contributed by atoms with van der Waals surface area (Å²) < 4.78 is 0. The molecule has 0 radical (unpaired) electrons. The minimum atomic E-state index is -0.147. The number of carbonyl (C=O) groups is 2. The monoisotopic (exact) mass is 442 g/mol. The molecule has 6 nitrogen and oxygen atoms in total. The van der Waals surface area contributed by atoms with Crippen molar-refractivity contribution in [3.8, 4) is 0 Å². The van der Waals surface area contributed by atoms with Gasteiger partial charge in [-0.05, 0) is 61.9 Å². The Labute approximate surface area is 189 Å². The SMILES string of the molecule is Cc1cccc(C(=O)N2CCC(CCCCNC(=O)NCc3ccc(Cl)cc3)CC2)n1. The predicted octanol–water partition coefficient (Wildman–Crippen LogP) is 4.57. The first-order valence-electron chi connectivity index (χ1n) is 11.0. The van der Waals surface area contributed by atoms with Gasteiger partial charge in [0.1, 0.15) is 5.69 Å². The minimum Gasteiger partial charge on any atom is -0.338 e. The van der Waals surface area contributed by atoms with Gasteiger partial charge < -0.3 is 15.5 Å². The normalized spacial score (nSPS) is 14.3. The number of halogens is 1. The molecule has 166 valence electrons. The molecule has 0 bridgehead atoms. The summed E-state index contributed by atoms with van der Waals surface area (Å²) in [4.78, 5) is 30.8. The molecule has 0 saturated carbocycles. The first-order valence-corrected chi connectivity index (χ1v) is 11.4. The van der Waals surface area contributed by atoms with E-state index in [0.29, 0.717) is 29.7 Å². The van der Waals surface area contributed by atoms with E-state index in [1.54, 1.807) is 6.07 Å². The number of hydrogen-bond donors (Lipinski definition) is 2. The third kappa shape index (κ3) is 7.55. The molecule has 1 aromatic heterocycles. The first kappa shape index (κ1) is 23.1. The highest BCUT2D eigenvalue weighted by atomic mass is 35.5. The number of hydrogen-bond acceptors (Lipinski definition) is 3. The molecule has 2 heterocycles. The molecule has 3 amide bonds. The van der Waals surface area contributed by atoms with Crippen molar-refractivity contribution in [3.05, 3.63) is 64.4 Å². The van der Waals surface area contributed by atoms with Crippen LogP contribution in [0.3, 0.4) is 0 Å². The minimum absolute atomic E-state index is 0.0379. The predicted molar refractivity (Wildman–Crippen MR) is 123 cm³/mol. The number of nitrogens with zero attached hydrogens (tertiary/aromatic N) is 2. The van der Waals surface area contributed by atoms with E-state index in [4.69, 9.17) is 11.6 Å². The Bertz CT molecular complexity index is 864. The number of aryl methyl sites for hydroxylation is 1. The summed E-state index contributed by atoms with van der Waals surface area (Å²) in [6.07, 6.45) is 5.24. The first-order chi connectivity index (χ1) is 15.0. The van der Waals surface area contributed by atoms with Crippen molar-refractivity contribution in [1.29, 1.82) is 0 Å². The third-order valence-electron chi connectivity index (χ3n) is 5.70. The molecule has 1 aliphatic heterocycles. The average Bonchev–Trinajstić information content (AvgIpc) is 2.78. The summed E-state index contributed by atoms with van der Waals surface area (Å²) in [5, 5.41) is 6.45. The van der Waals surface area contributed by atoms with Gasteiger partial charge in [-0.15, -0.1) is 0 Å². The molecule has 31 heavy (non-hydrogen) atoms. The third-order valence-corrected chi connectivity index (χ3v) is 5.95. The lowest BCUT2D eigenvalue weighted by atomic mass is 9.91. The van der Waals surface area contributed by atoms with Crippen LogP contribution in [0.5, 0.6) is 0 Å². The van der Waals surface area contributed by atoms with E-state index < -0.39 is 0 Å². The van der Waals surface area contributed by atoms with Crippen LogP contribution in [0.4, 0.5) is 4.79 Å². The van der Waals surface area contributed by atoms with Gasteiger partial charge in [0.15, 0.2) is 0 Å². The van der Waals surface area contributed by atoms with Crippen molar-refractivity contribution in [2.75, 3.05) is 19.6 Å². The van der Waals surface area contributed by atoms with Gasteiger partial charge in [0.2, 0.25) is 0 Å². The van der Waals surface area contributed by atoms with Crippen LogP contribution in [0.2, 0.25) is 5.02 Å². The highest BCUT2D eigenvalue weighted by Crippen LogP contribution is 2.23. The van der Waals surface area contributed by atoms with Crippen LogP contribution in [0.1, 0.15) is 53.8 Å². The molecule has 1 aromatic carbocycles.